The summed E-state index contributed by atoms with van der Waals surface area (Å²) in [4.78, 5) is 26.4. The van der Waals surface area contributed by atoms with Crippen LogP contribution in [0.1, 0.15) is 18.2 Å². The molecule has 2 heterocycles. The Morgan fingerprint density at radius 3 is 2.76 bits per heavy atom. The zero-order valence-corrected chi connectivity index (χ0v) is 9.51. The van der Waals surface area contributed by atoms with Crippen molar-refractivity contribution in [3.05, 3.63) is 50.1 Å². The molecule has 0 fully saturated rings. The van der Waals surface area contributed by atoms with Gasteiger partial charge in [0, 0.05) is 17.3 Å². The van der Waals surface area contributed by atoms with Gasteiger partial charge in [0.15, 0.2) is 0 Å². The molecule has 0 atom stereocenters. The number of fused-ring (bicyclic) bond motifs is 1. The lowest BCUT2D eigenvalue weighted by molar-refractivity contribution is -0.385. The van der Waals surface area contributed by atoms with Gasteiger partial charge in [-0.2, -0.15) is 0 Å². The maximum absolute atomic E-state index is 12.1. The van der Waals surface area contributed by atoms with Crippen LogP contribution in [0.5, 0.6) is 0 Å². The number of aryl methyl sites for hydroxylation is 1. The lowest BCUT2D eigenvalue weighted by atomic mass is 10.2. The van der Waals surface area contributed by atoms with Crippen molar-refractivity contribution in [3.63, 3.8) is 0 Å². The molecule has 0 unspecified atom stereocenters. The van der Waals surface area contributed by atoms with E-state index in [2.05, 4.69) is 4.98 Å². The molecule has 2 aromatic rings. The van der Waals surface area contributed by atoms with Crippen molar-refractivity contribution in [3.8, 4) is 0 Å². The third-order valence-corrected chi connectivity index (χ3v) is 2.67. The van der Waals surface area contributed by atoms with E-state index in [0.717, 1.165) is 0 Å². The van der Waals surface area contributed by atoms with Gasteiger partial charge in [-0.1, -0.05) is 6.92 Å². The Bertz CT molecular complexity index is 661. The van der Waals surface area contributed by atoms with Gasteiger partial charge in [-0.15, -0.1) is 0 Å². The zero-order chi connectivity index (χ0) is 12.6. The highest BCUT2D eigenvalue weighted by molar-refractivity contribution is 5.45. The van der Waals surface area contributed by atoms with E-state index < -0.39 is 4.92 Å². The number of hydrogen-bond donors (Lipinski definition) is 0. The Balaban J connectivity index is 2.85. The first-order valence-corrected chi connectivity index (χ1v) is 5.21. The van der Waals surface area contributed by atoms with Gasteiger partial charge < -0.3 is 0 Å². The average molecular weight is 233 g/mol. The standard InChI is InChI=1S/C11H11N3O3/c1-3-9-7(2)12-10-5-4-8(14(16)17)6-13(10)11(9)15/h4-6H,3H2,1-2H3. The fourth-order valence-electron chi connectivity index (χ4n) is 1.79. The lowest BCUT2D eigenvalue weighted by Gasteiger charge is -2.05. The van der Waals surface area contributed by atoms with E-state index in [9.17, 15) is 14.9 Å². The van der Waals surface area contributed by atoms with Crippen molar-refractivity contribution in [2.24, 2.45) is 0 Å². The number of pyridine rings is 1. The Hall–Kier alpha value is -2.24. The number of nitrogens with zero attached hydrogens (tertiary/aromatic N) is 3. The maximum atomic E-state index is 12.1. The lowest BCUT2D eigenvalue weighted by Crippen LogP contribution is -2.21. The molecule has 6 nitrogen and oxygen atoms in total. The minimum absolute atomic E-state index is 0.118. The summed E-state index contributed by atoms with van der Waals surface area (Å²) in [7, 11) is 0. The Morgan fingerprint density at radius 1 is 1.47 bits per heavy atom. The number of nitro groups is 1. The first-order chi connectivity index (χ1) is 8.04. The summed E-state index contributed by atoms with van der Waals surface area (Å²) < 4.78 is 1.23. The van der Waals surface area contributed by atoms with Gasteiger partial charge in [-0.05, 0) is 19.4 Å². The molecule has 2 rings (SSSR count). The molecule has 0 aliphatic heterocycles. The predicted molar refractivity (Wildman–Crippen MR) is 62.2 cm³/mol. The second kappa shape index (κ2) is 3.97. The van der Waals surface area contributed by atoms with Gasteiger partial charge in [-0.25, -0.2) is 4.98 Å². The number of rotatable bonds is 2. The molecule has 88 valence electrons. The summed E-state index contributed by atoms with van der Waals surface area (Å²) in [5.41, 5.74) is 1.33. The van der Waals surface area contributed by atoms with Crippen molar-refractivity contribution < 1.29 is 4.92 Å². The minimum Gasteiger partial charge on any atom is -0.269 e. The molecule has 0 aromatic carbocycles. The molecule has 0 amide bonds. The molecule has 0 N–H and O–H groups in total. The molecule has 0 aliphatic carbocycles. The van der Waals surface area contributed by atoms with Crippen LogP contribution in [0, 0.1) is 17.0 Å². The van der Waals surface area contributed by atoms with E-state index in [1.165, 1.54) is 22.7 Å². The molecule has 17 heavy (non-hydrogen) atoms. The second-order valence-corrected chi connectivity index (χ2v) is 3.71. The van der Waals surface area contributed by atoms with E-state index in [-0.39, 0.29) is 11.2 Å². The van der Waals surface area contributed by atoms with Crippen LogP contribution >= 0.6 is 0 Å². The highest BCUT2D eigenvalue weighted by Crippen LogP contribution is 2.12. The van der Waals surface area contributed by atoms with Gasteiger partial charge in [0.25, 0.3) is 11.2 Å². The van der Waals surface area contributed by atoms with Crippen molar-refractivity contribution in [1.82, 2.24) is 9.38 Å². The highest BCUT2D eigenvalue weighted by atomic mass is 16.6. The van der Waals surface area contributed by atoms with Gasteiger partial charge in [-0.3, -0.25) is 19.3 Å². The average Bonchev–Trinajstić information content (AvgIpc) is 2.29. The fourth-order valence-corrected chi connectivity index (χ4v) is 1.79. The quantitative estimate of drug-likeness (QED) is 0.581. The van der Waals surface area contributed by atoms with Crippen molar-refractivity contribution in [1.29, 1.82) is 0 Å². The molecule has 0 spiro atoms. The molecular formula is C11H11N3O3. The normalized spacial score (nSPS) is 10.7. The number of aromatic nitrogens is 2. The summed E-state index contributed by atoms with van der Waals surface area (Å²) in [5, 5.41) is 10.6. The third kappa shape index (κ3) is 1.77. The van der Waals surface area contributed by atoms with Gasteiger partial charge in [0.2, 0.25) is 0 Å². The Labute approximate surface area is 96.7 Å². The second-order valence-electron chi connectivity index (χ2n) is 3.71. The van der Waals surface area contributed by atoms with Crippen LogP contribution in [0.2, 0.25) is 0 Å². The molecule has 2 aromatic heterocycles. The summed E-state index contributed by atoms with van der Waals surface area (Å²) in [6, 6.07) is 2.82. The Morgan fingerprint density at radius 2 is 2.18 bits per heavy atom. The first kappa shape index (κ1) is 11.3. The van der Waals surface area contributed by atoms with Crippen molar-refractivity contribution in [2.75, 3.05) is 0 Å². The summed E-state index contributed by atoms with van der Waals surface area (Å²) in [6.07, 6.45) is 1.77. The van der Waals surface area contributed by atoms with Crippen LogP contribution in [0.4, 0.5) is 5.69 Å². The molecule has 0 saturated carbocycles. The van der Waals surface area contributed by atoms with E-state index >= 15 is 0 Å². The van der Waals surface area contributed by atoms with Gasteiger partial charge in [0.05, 0.1) is 11.1 Å². The fraction of sp³-hybridized carbons (Fsp3) is 0.273. The highest BCUT2D eigenvalue weighted by Gasteiger charge is 2.11. The molecule has 0 bridgehead atoms. The third-order valence-electron chi connectivity index (χ3n) is 2.67. The van der Waals surface area contributed by atoms with E-state index in [1.54, 1.807) is 6.92 Å². The summed E-state index contributed by atoms with van der Waals surface area (Å²) in [5.74, 6) is 0. The molecule has 0 radical (unpaired) electrons. The van der Waals surface area contributed by atoms with Crippen LogP contribution in [0.3, 0.4) is 0 Å². The molecular weight excluding hydrogens is 222 g/mol. The predicted octanol–water partition coefficient (Wildman–Crippen LogP) is 1.47. The first-order valence-electron chi connectivity index (χ1n) is 5.21. The summed E-state index contributed by atoms with van der Waals surface area (Å²) >= 11 is 0. The topological polar surface area (TPSA) is 77.5 Å². The zero-order valence-electron chi connectivity index (χ0n) is 9.51. The van der Waals surface area contributed by atoms with Gasteiger partial charge in [0.1, 0.15) is 5.65 Å². The van der Waals surface area contributed by atoms with Crippen LogP contribution in [-0.4, -0.2) is 14.3 Å². The van der Waals surface area contributed by atoms with Crippen LogP contribution in [0.15, 0.2) is 23.1 Å². The van der Waals surface area contributed by atoms with Crippen molar-refractivity contribution in [2.45, 2.75) is 20.3 Å². The smallest absolute Gasteiger partial charge is 0.269 e. The monoisotopic (exact) mass is 233 g/mol. The van der Waals surface area contributed by atoms with Crippen LogP contribution in [-0.2, 0) is 6.42 Å². The molecule has 0 aliphatic rings. The van der Waals surface area contributed by atoms with Crippen molar-refractivity contribution >= 4 is 11.3 Å². The molecule has 0 saturated heterocycles. The number of hydrogen-bond acceptors (Lipinski definition) is 4. The van der Waals surface area contributed by atoms with Gasteiger partial charge >= 0.3 is 0 Å². The van der Waals surface area contributed by atoms with E-state index in [4.69, 9.17) is 0 Å². The SMILES string of the molecule is CCc1c(C)nc2ccc([N+](=O)[O-])cn2c1=O. The molecule has 6 heteroatoms. The van der Waals surface area contributed by atoms with E-state index in [0.29, 0.717) is 23.3 Å². The Kier molecular flexibility index (Phi) is 2.63. The van der Waals surface area contributed by atoms with Crippen LogP contribution < -0.4 is 5.56 Å². The van der Waals surface area contributed by atoms with E-state index in [1.807, 2.05) is 6.92 Å². The minimum atomic E-state index is -0.530. The summed E-state index contributed by atoms with van der Waals surface area (Å²) in [6.45, 7) is 3.62. The largest absolute Gasteiger partial charge is 0.286 e. The maximum Gasteiger partial charge on any atom is 0.286 e. The van der Waals surface area contributed by atoms with Crippen LogP contribution in [0.25, 0.3) is 5.65 Å².